The Bertz CT molecular complexity index is 995. The summed E-state index contributed by atoms with van der Waals surface area (Å²) >= 11 is 0. The first-order chi connectivity index (χ1) is 16.0. The number of hydrogen-bond acceptors (Lipinski definition) is 4. The first kappa shape index (κ1) is 26.1. The van der Waals surface area contributed by atoms with Crippen molar-refractivity contribution < 1.29 is 27.8 Å². The standard InChI is InChI=1S/C25H34F3N3O3/c1-5-22-30-19(23(32)29-15-24(33)10-8-16(2)9-11-24)14-31(22)20-7-6-18(13-21(20)34-4)12-17(3)25(26,27)28/h6-7,13-14,16-17,33H,5,8-12,15H2,1-4H3,(H,29,32)/t16?,17-,24?/m0/s1. The van der Waals surface area contributed by atoms with Crippen LogP contribution in [0.2, 0.25) is 0 Å². The number of methoxy groups -OCH3 is 1. The number of ether oxygens (including phenoxy) is 1. The first-order valence-corrected chi connectivity index (χ1v) is 11.8. The van der Waals surface area contributed by atoms with Crippen LogP contribution in [0.1, 0.15) is 68.3 Å². The van der Waals surface area contributed by atoms with Gasteiger partial charge in [0.25, 0.3) is 5.91 Å². The molecule has 34 heavy (non-hydrogen) atoms. The molecule has 188 valence electrons. The van der Waals surface area contributed by atoms with Gasteiger partial charge in [-0.15, -0.1) is 0 Å². The first-order valence-electron chi connectivity index (χ1n) is 11.8. The highest BCUT2D eigenvalue weighted by Crippen LogP contribution is 2.33. The van der Waals surface area contributed by atoms with E-state index in [1.807, 2.05) is 6.92 Å². The second-order valence-corrected chi connectivity index (χ2v) is 9.51. The molecular formula is C25H34F3N3O3. The third-order valence-electron chi connectivity index (χ3n) is 6.72. The number of benzene rings is 1. The highest BCUT2D eigenvalue weighted by Gasteiger charge is 2.36. The van der Waals surface area contributed by atoms with Crippen LogP contribution in [-0.2, 0) is 12.8 Å². The minimum absolute atomic E-state index is 0.153. The van der Waals surface area contributed by atoms with Crippen LogP contribution in [0.3, 0.4) is 0 Å². The van der Waals surface area contributed by atoms with E-state index in [1.165, 1.54) is 7.11 Å². The monoisotopic (exact) mass is 481 g/mol. The van der Waals surface area contributed by atoms with Crippen molar-refractivity contribution in [3.63, 3.8) is 0 Å². The van der Waals surface area contributed by atoms with Crippen molar-refractivity contribution in [2.24, 2.45) is 11.8 Å². The number of aliphatic hydroxyl groups is 1. The summed E-state index contributed by atoms with van der Waals surface area (Å²) in [6.07, 6.45) is 0.870. The number of aromatic nitrogens is 2. The summed E-state index contributed by atoms with van der Waals surface area (Å²) in [5, 5.41) is 13.6. The molecule has 1 heterocycles. The summed E-state index contributed by atoms with van der Waals surface area (Å²) in [5.41, 5.74) is 0.414. The Hall–Kier alpha value is -2.55. The summed E-state index contributed by atoms with van der Waals surface area (Å²) in [4.78, 5) is 17.2. The molecule has 0 radical (unpaired) electrons. The lowest BCUT2D eigenvalue weighted by Crippen LogP contribution is -2.45. The summed E-state index contributed by atoms with van der Waals surface area (Å²) in [6.45, 7) is 5.39. The van der Waals surface area contributed by atoms with E-state index in [9.17, 15) is 23.1 Å². The third kappa shape index (κ3) is 6.11. The van der Waals surface area contributed by atoms with Crippen LogP contribution in [0.25, 0.3) is 5.69 Å². The van der Waals surface area contributed by atoms with Crippen LogP contribution in [-0.4, -0.2) is 46.0 Å². The number of carbonyl (C=O) groups excluding carboxylic acids is 1. The molecule has 0 saturated heterocycles. The van der Waals surface area contributed by atoms with Crippen LogP contribution in [0.15, 0.2) is 24.4 Å². The van der Waals surface area contributed by atoms with Gasteiger partial charge in [-0.3, -0.25) is 9.36 Å². The second-order valence-electron chi connectivity index (χ2n) is 9.51. The Labute approximate surface area is 198 Å². The number of carbonyl (C=O) groups is 1. The average molecular weight is 482 g/mol. The van der Waals surface area contributed by atoms with E-state index >= 15 is 0 Å². The molecule has 1 aliphatic rings. The summed E-state index contributed by atoms with van der Waals surface area (Å²) in [7, 11) is 1.46. The van der Waals surface area contributed by atoms with E-state index in [2.05, 4.69) is 17.2 Å². The van der Waals surface area contributed by atoms with Gasteiger partial charge in [0.05, 0.1) is 24.3 Å². The summed E-state index contributed by atoms with van der Waals surface area (Å²) < 4.78 is 46.1. The van der Waals surface area contributed by atoms with Gasteiger partial charge in [0, 0.05) is 19.2 Å². The highest BCUT2D eigenvalue weighted by atomic mass is 19.4. The van der Waals surface area contributed by atoms with E-state index in [0.29, 0.717) is 48.0 Å². The largest absolute Gasteiger partial charge is 0.495 e. The average Bonchev–Trinajstić information content (AvgIpc) is 3.23. The molecular weight excluding hydrogens is 447 g/mol. The van der Waals surface area contributed by atoms with Gasteiger partial charge in [-0.2, -0.15) is 13.2 Å². The summed E-state index contributed by atoms with van der Waals surface area (Å²) in [6, 6.07) is 4.92. The zero-order valence-corrected chi connectivity index (χ0v) is 20.2. The number of alkyl halides is 3. The topological polar surface area (TPSA) is 76.4 Å². The summed E-state index contributed by atoms with van der Waals surface area (Å²) in [5.74, 6) is -0.256. The fourth-order valence-electron chi connectivity index (χ4n) is 4.31. The number of imidazole rings is 1. The molecule has 1 saturated carbocycles. The molecule has 1 amide bonds. The Morgan fingerprint density at radius 3 is 2.62 bits per heavy atom. The maximum atomic E-state index is 13.0. The van der Waals surface area contributed by atoms with Gasteiger partial charge in [-0.1, -0.05) is 26.8 Å². The predicted molar refractivity (Wildman–Crippen MR) is 123 cm³/mol. The van der Waals surface area contributed by atoms with E-state index in [-0.39, 0.29) is 24.6 Å². The lowest BCUT2D eigenvalue weighted by Gasteiger charge is -2.34. The predicted octanol–water partition coefficient (Wildman–Crippen LogP) is 4.86. The van der Waals surface area contributed by atoms with Gasteiger partial charge < -0.3 is 15.2 Å². The van der Waals surface area contributed by atoms with Crippen molar-refractivity contribution >= 4 is 5.91 Å². The van der Waals surface area contributed by atoms with Crippen molar-refractivity contribution in [3.05, 3.63) is 41.5 Å². The number of hydrogen-bond donors (Lipinski definition) is 2. The SMILES string of the molecule is CCc1nc(C(=O)NCC2(O)CCC(C)CC2)cn1-c1ccc(C[C@H](C)C(F)(F)F)cc1OC. The van der Waals surface area contributed by atoms with E-state index in [0.717, 1.165) is 19.8 Å². The third-order valence-corrected chi connectivity index (χ3v) is 6.72. The molecule has 0 aliphatic heterocycles. The molecule has 1 aliphatic carbocycles. The zero-order valence-electron chi connectivity index (χ0n) is 20.2. The van der Waals surface area contributed by atoms with Gasteiger partial charge in [0.2, 0.25) is 0 Å². The van der Waals surface area contributed by atoms with Crippen LogP contribution in [0, 0.1) is 11.8 Å². The van der Waals surface area contributed by atoms with Gasteiger partial charge in [0.1, 0.15) is 17.3 Å². The Balaban J connectivity index is 1.78. The normalized spacial score (nSPS) is 21.8. The van der Waals surface area contributed by atoms with Gasteiger partial charge >= 0.3 is 6.18 Å². The molecule has 0 bridgehead atoms. The fraction of sp³-hybridized carbons (Fsp3) is 0.600. The fourth-order valence-corrected chi connectivity index (χ4v) is 4.31. The van der Waals surface area contributed by atoms with Crippen molar-refractivity contribution in [2.75, 3.05) is 13.7 Å². The minimum atomic E-state index is -4.27. The number of aryl methyl sites for hydroxylation is 1. The van der Waals surface area contributed by atoms with Crippen LogP contribution >= 0.6 is 0 Å². The molecule has 1 aromatic heterocycles. The molecule has 0 spiro atoms. The molecule has 6 nitrogen and oxygen atoms in total. The molecule has 1 atom stereocenters. The highest BCUT2D eigenvalue weighted by molar-refractivity contribution is 5.92. The maximum Gasteiger partial charge on any atom is 0.391 e. The number of rotatable bonds is 8. The lowest BCUT2D eigenvalue weighted by atomic mass is 9.79. The second kappa shape index (κ2) is 10.4. The quantitative estimate of drug-likeness (QED) is 0.565. The van der Waals surface area contributed by atoms with Crippen molar-refractivity contribution in [1.82, 2.24) is 14.9 Å². The maximum absolute atomic E-state index is 13.0. The Kier molecular flexibility index (Phi) is 7.95. The molecule has 0 unspecified atom stereocenters. The number of nitrogens with zero attached hydrogens (tertiary/aromatic N) is 2. The smallest absolute Gasteiger partial charge is 0.391 e. The molecule has 1 aromatic carbocycles. The Morgan fingerprint density at radius 1 is 1.35 bits per heavy atom. The lowest BCUT2D eigenvalue weighted by molar-refractivity contribution is -0.169. The van der Waals surface area contributed by atoms with E-state index in [4.69, 9.17) is 4.74 Å². The minimum Gasteiger partial charge on any atom is -0.495 e. The Morgan fingerprint density at radius 2 is 2.03 bits per heavy atom. The van der Waals surface area contributed by atoms with Gasteiger partial charge in [-0.05, 0) is 55.7 Å². The molecule has 2 aromatic rings. The number of amides is 1. The molecule has 2 N–H and O–H groups in total. The van der Waals surface area contributed by atoms with E-state index in [1.54, 1.807) is 29.0 Å². The zero-order chi connectivity index (χ0) is 25.1. The molecule has 9 heteroatoms. The number of nitrogens with one attached hydrogen (secondary N) is 1. The van der Waals surface area contributed by atoms with Crippen LogP contribution < -0.4 is 10.1 Å². The van der Waals surface area contributed by atoms with Crippen molar-refractivity contribution in [1.29, 1.82) is 0 Å². The number of halogens is 3. The molecule has 3 rings (SSSR count). The van der Waals surface area contributed by atoms with Crippen molar-refractivity contribution in [3.8, 4) is 11.4 Å². The van der Waals surface area contributed by atoms with Crippen LogP contribution in [0.4, 0.5) is 13.2 Å². The van der Waals surface area contributed by atoms with E-state index < -0.39 is 17.7 Å². The van der Waals surface area contributed by atoms with Crippen LogP contribution in [0.5, 0.6) is 5.75 Å². The van der Waals surface area contributed by atoms with Crippen molar-refractivity contribution in [2.45, 2.75) is 71.1 Å². The molecule has 1 fully saturated rings. The van der Waals surface area contributed by atoms with Gasteiger partial charge in [0.15, 0.2) is 0 Å². The van der Waals surface area contributed by atoms with Gasteiger partial charge in [-0.25, -0.2) is 4.98 Å².